The van der Waals surface area contributed by atoms with Crippen LogP contribution < -0.4 is 21.3 Å². The maximum Gasteiger partial charge on any atom is 0.338 e. The molecule has 11 nitrogen and oxygen atoms in total. The Morgan fingerprint density at radius 1 is 0.841 bits per heavy atom. The van der Waals surface area contributed by atoms with Crippen molar-refractivity contribution >= 4 is 35.4 Å². The summed E-state index contributed by atoms with van der Waals surface area (Å²) in [5.41, 5.74) is 1.93. The van der Waals surface area contributed by atoms with Crippen LogP contribution in [0.4, 0.5) is 5.69 Å². The Labute approximate surface area is 260 Å². The van der Waals surface area contributed by atoms with E-state index in [-0.39, 0.29) is 13.0 Å². The SMILES string of the molecule is CCNC(=NCCCCC(NC(=O)C(CCCc1ccccc1)CC(=O)O)C(=O)Nc1ccc(C(=O)OCC)cc1)NCC. The first kappa shape index (κ1) is 35.8. The second-order valence-corrected chi connectivity index (χ2v) is 10.3. The number of carbonyl (C=O) groups excluding carboxylic acids is 3. The Kier molecular flexibility index (Phi) is 16.7. The van der Waals surface area contributed by atoms with Crippen LogP contribution in [0.2, 0.25) is 0 Å². The number of anilines is 1. The number of aliphatic imine (C=N–C) groups is 1. The smallest absolute Gasteiger partial charge is 0.338 e. The largest absolute Gasteiger partial charge is 0.481 e. The van der Waals surface area contributed by atoms with Crippen molar-refractivity contribution in [2.75, 3.05) is 31.6 Å². The Hall–Kier alpha value is -4.41. The number of benzene rings is 2. The van der Waals surface area contributed by atoms with E-state index in [1.165, 1.54) is 0 Å². The van der Waals surface area contributed by atoms with Crippen molar-refractivity contribution in [3.8, 4) is 0 Å². The number of unbranched alkanes of at least 4 members (excludes halogenated alkanes) is 1. The molecule has 0 saturated carbocycles. The standard InChI is InChI=1S/C33H47N5O6/c1-4-34-33(35-5-2)36-22-11-10-17-28(31(42)37-27-20-18-25(19-21-27)32(43)44-6-3)38-30(41)26(23-29(39)40)16-12-15-24-13-8-7-9-14-24/h7-9,13-14,18-21,26,28H,4-6,10-12,15-17,22-23H2,1-3H3,(H,37,42)(H,38,41)(H,39,40)(H2,34,35,36). The van der Waals surface area contributed by atoms with Gasteiger partial charge in [0.1, 0.15) is 6.04 Å². The maximum absolute atomic E-state index is 13.4. The molecule has 0 aliphatic rings. The number of esters is 1. The third-order valence-corrected chi connectivity index (χ3v) is 6.81. The van der Waals surface area contributed by atoms with Gasteiger partial charge in [0.05, 0.1) is 18.6 Å². The lowest BCUT2D eigenvalue weighted by atomic mass is 9.95. The van der Waals surface area contributed by atoms with Crippen LogP contribution in [0.15, 0.2) is 59.6 Å². The molecule has 0 radical (unpaired) electrons. The van der Waals surface area contributed by atoms with Gasteiger partial charge in [0, 0.05) is 31.2 Å². The number of amides is 2. The minimum atomic E-state index is -1.07. The summed E-state index contributed by atoms with van der Waals surface area (Å²) in [7, 11) is 0. The molecular formula is C33H47N5O6. The topological polar surface area (TPSA) is 158 Å². The summed E-state index contributed by atoms with van der Waals surface area (Å²) in [4.78, 5) is 54.8. The highest BCUT2D eigenvalue weighted by molar-refractivity contribution is 5.98. The average molecular weight is 610 g/mol. The molecule has 2 amide bonds. The van der Waals surface area contributed by atoms with Gasteiger partial charge in [0.15, 0.2) is 5.96 Å². The van der Waals surface area contributed by atoms with E-state index in [0.717, 1.165) is 31.0 Å². The molecule has 0 aliphatic heterocycles. The van der Waals surface area contributed by atoms with Gasteiger partial charge < -0.3 is 31.1 Å². The molecule has 44 heavy (non-hydrogen) atoms. The van der Waals surface area contributed by atoms with Crippen molar-refractivity contribution in [2.45, 2.75) is 71.8 Å². The predicted octanol–water partition coefficient (Wildman–Crippen LogP) is 4.15. The van der Waals surface area contributed by atoms with Gasteiger partial charge in [-0.15, -0.1) is 0 Å². The average Bonchev–Trinajstić information content (AvgIpc) is 3.00. The lowest BCUT2D eigenvalue weighted by Crippen LogP contribution is -2.46. The lowest BCUT2D eigenvalue weighted by molar-refractivity contribution is -0.141. The number of rotatable bonds is 19. The van der Waals surface area contributed by atoms with Gasteiger partial charge in [-0.1, -0.05) is 30.3 Å². The van der Waals surface area contributed by atoms with E-state index in [1.807, 2.05) is 44.2 Å². The summed E-state index contributed by atoms with van der Waals surface area (Å²) in [6, 6.07) is 15.2. The van der Waals surface area contributed by atoms with Gasteiger partial charge in [-0.05, 0) is 89.1 Å². The Balaban J connectivity index is 2.10. The first-order valence-electron chi connectivity index (χ1n) is 15.4. The van der Waals surface area contributed by atoms with Crippen LogP contribution in [0.1, 0.15) is 75.2 Å². The van der Waals surface area contributed by atoms with Crippen LogP contribution >= 0.6 is 0 Å². The van der Waals surface area contributed by atoms with Crippen molar-refractivity contribution in [1.29, 1.82) is 0 Å². The van der Waals surface area contributed by atoms with Gasteiger partial charge in [-0.3, -0.25) is 19.4 Å². The molecule has 2 aromatic rings. The van der Waals surface area contributed by atoms with Crippen molar-refractivity contribution in [2.24, 2.45) is 10.9 Å². The fourth-order valence-electron chi connectivity index (χ4n) is 4.59. The summed E-state index contributed by atoms with van der Waals surface area (Å²) < 4.78 is 5.01. The van der Waals surface area contributed by atoms with Crippen LogP contribution in [0.25, 0.3) is 0 Å². The Morgan fingerprint density at radius 2 is 1.52 bits per heavy atom. The Morgan fingerprint density at radius 3 is 2.14 bits per heavy atom. The second-order valence-electron chi connectivity index (χ2n) is 10.3. The van der Waals surface area contributed by atoms with Crippen molar-refractivity contribution in [3.05, 3.63) is 65.7 Å². The van der Waals surface area contributed by atoms with Gasteiger partial charge in [-0.25, -0.2) is 4.79 Å². The minimum Gasteiger partial charge on any atom is -0.481 e. The summed E-state index contributed by atoms with van der Waals surface area (Å²) in [6.45, 7) is 7.97. The molecule has 0 fully saturated rings. The molecule has 2 rings (SSSR count). The van der Waals surface area contributed by atoms with E-state index >= 15 is 0 Å². The van der Waals surface area contributed by atoms with E-state index in [1.54, 1.807) is 31.2 Å². The quantitative estimate of drug-likeness (QED) is 0.0688. The Bertz CT molecular complexity index is 1190. The number of carbonyl (C=O) groups is 4. The molecule has 0 heterocycles. The first-order chi connectivity index (χ1) is 21.3. The first-order valence-corrected chi connectivity index (χ1v) is 15.4. The summed E-state index contributed by atoms with van der Waals surface area (Å²) in [5.74, 6) is -2.47. The fraction of sp³-hybridized carbons (Fsp3) is 0.485. The van der Waals surface area contributed by atoms with Crippen LogP contribution in [0, 0.1) is 5.92 Å². The third-order valence-electron chi connectivity index (χ3n) is 6.81. The fourth-order valence-corrected chi connectivity index (χ4v) is 4.59. The number of carboxylic acids is 1. The zero-order valence-corrected chi connectivity index (χ0v) is 26.1. The molecule has 240 valence electrons. The molecule has 11 heteroatoms. The number of hydrogen-bond donors (Lipinski definition) is 5. The molecule has 0 aliphatic carbocycles. The zero-order chi connectivity index (χ0) is 32.2. The van der Waals surface area contributed by atoms with Crippen LogP contribution in [0.3, 0.4) is 0 Å². The monoisotopic (exact) mass is 609 g/mol. The van der Waals surface area contributed by atoms with Crippen molar-refractivity contribution < 1.29 is 29.0 Å². The predicted molar refractivity (Wildman–Crippen MR) is 172 cm³/mol. The number of aryl methyl sites for hydroxylation is 1. The second kappa shape index (κ2) is 20.5. The van der Waals surface area contributed by atoms with Crippen LogP contribution in [0.5, 0.6) is 0 Å². The molecule has 2 atom stereocenters. The number of carboxylic acid groups (broad SMARTS) is 1. The van der Waals surface area contributed by atoms with E-state index in [9.17, 15) is 24.3 Å². The molecule has 0 saturated heterocycles. The molecule has 2 aromatic carbocycles. The van der Waals surface area contributed by atoms with E-state index in [2.05, 4.69) is 26.3 Å². The van der Waals surface area contributed by atoms with E-state index in [4.69, 9.17) is 4.74 Å². The van der Waals surface area contributed by atoms with Gasteiger partial charge >= 0.3 is 11.9 Å². The molecule has 5 N–H and O–H groups in total. The normalized spacial score (nSPS) is 11.9. The lowest BCUT2D eigenvalue weighted by Gasteiger charge is -2.22. The van der Waals surface area contributed by atoms with Gasteiger partial charge in [-0.2, -0.15) is 0 Å². The summed E-state index contributed by atoms with van der Waals surface area (Å²) in [5, 5.41) is 21.5. The van der Waals surface area contributed by atoms with Crippen molar-refractivity contribution in [3.63, 3.8) is 0 Å². The number of nitrogens with zero attached hydrogens (tertiary/aromatic N) is 1. The molecule has 0 aromatic heterocycles. The van der Waals surface area contributed by atoms with E-state index in [0.29, 0.717) is 49.9 Å². The highest BCUT2D eigenvalue weighted by atomic mass is 16.5. The summed E-state index contributed by atoms with van der Waals surface area (Å²) >= 11 is 0. The number of hydrogen-bond acceptors (Lipinski definition) is 6. The zero-order valence-electron chi connectivity index (χ0n) is 26.1. The highest BCUT2D eigenvalue weighted by Gasteiger charge is 2.27. The molecular weight excluding hydrogens is 562 g/mol. The number of guanidine groups is 1. The maximum atomic E-state index is 13.4. The van der Waals surface area contributed by atoms with Crippen LogP contribution in [-0.2, 0) is 25.5 Å². The minimum absolute atomic E-state index is 0.255. The molecule has 2 unspecified atom stereocenters. The van der Waals surface area contributed by atoms with Gasteiger partial charge in [0.2, 0.25) is 11.8 Å². The van der Waals surface area contributed by atoms with Crippen molar-refractivity contribution in [1.82, 2.24) is 16.0 Å². The van der Waals surface area contributed by atoms with E-state index < -0.39 is 35.7 Å². The number of ether oxygens (including phenoxy) is 1. The third kappa shape index (κ3) is 13.7. The highest BCUT2D eigenvalue weighted by Crippen LogP contribution is 2.17. The molecule has 0 bridgehead atoms. The summed E-state index contributed by atoms with van der Waals surface area (Å²) in [6.07, 6.45) is 3.04. The number of nitrogens with one attached hydrogen (secondary N) is 4. The van der Waals surface area contributed by atoms with Gasteiger partial charge in [0.25, 0.3) is 0 Å². The number of aliphatic carboxylic acids is 1. The molecule has 0 spiro atoms. The van der Waals surface area contributed by atoms with Crippen LogP contribution in [-0.4, -0.2) is 67.1 Å².